The van der Waals surface area contributed by atoms with Crippen molar-refractivity contribution >= 4 is 0 Å². The largest absolute Gasteiger partial charge is 0.392 e. The highest BCUT2D eigenvalue weighted by molar-refractivity contribution is 5.65. The fourth-order valence-corrected chi connectivity index (χ4v) is 1.56. The number of hydrogen-bond acceptors (Lipinski definition) is 1. The van der Waals surface area contributed by atoms with Gasteiger partial charge in [0.25, 0.3) is 0 Å². The molecule has 0 fully saturated rings. The van der Waals surface area contributed by atoms with E-state index in [9.17, 15) is 8.78 Å². The Hall–Kier alpha value is -1.74. The third kappa shape index (κ3) is 1.95. The molecule has 0 saturated heterocycles. The van der Waals surface area contributed by atoms with Crippen LogP contribution in [0, 0.1) is 11.6 Å². The molecule has 0 spiro atoms. The maximum atomic E-state index is 13.5. The Balaban J connectivity index is 2.59. The zero-order chi connectivity index (χ0) is 11.5. The first-order valence-electron chi connectivity index (χ1n) is 4.86. The van der Waals surface area contributed by atoms with Gasteiger partial charge in [-0.25, -0.2) is 8.78 Å². The normalized spacial score (nSPS) is 10.4. The molecule has 0 heterocycles. The van der Waals surface area contributed by atoms with Crippen LogP contribution in [0.1, 0.15) is 5.56 Å². The van der Waals surface area contributed by atoms with Crippen LogP contribution in [0.5, 0.6) is 0 Å². The van der Waals surface area contributed by atoms with Crippen LogP contribution in [0.4, 0.5) is 8.78 Å². The van der Waals surface area contributed by atoms with E-state index in [1.165, 1.54) is 30.3 Å². The highest BCUT2D eigenvalue weighted by Gasteiger charge is 2.09. The molecule has 0 unspecified atom stereocenters. The molecule has 0 amide bonds. The number of hydrogen-bond donors (Lipinski definition) is 1. The average molecular weight is 220 g/mol. The van der Waals surface area contributed by atoms with E-state index >= 15 is 0 Å². The minimum atomic E-state index is -0.498. The molecule has 0 aliphatic carbocycles. The van der Waals surface area contributed by atoms with Crippen molar-refractivity contribution in [2.45, 2.75) is 6.61 Å². The predicted octanol–water partition coefficient (Wildman–Crippen LogP) is 3.12. The molecule has 2 aromatic carbocycles. The lowest BCUT2D eigenvalue weighted by Gasteiger charge is -2.06. The molecule has 0 radical (unpaired) electrons. The van der Waals surface area contributed by atoms with E-state index in [1.54, 1.807) is 12.1 Å². The molecule has 0 aliphatic rings. The molecule has 1 nitrogen and oxygen atoms in total. The van der Waals surface area contributed by atoms with Crippen molar-refractivity contribution in [3.8, 4) is 11.1 Å². The summed E-state index contributed by atoms with van der Waals surface area (Å²) < 4.78 is 27.0. The maximum absolute atomic E-state index is 13.5. The number of rotatable bonds is 2. The van der Waals surface area contributed by atoms with Crippen molar-refractivity contribution in [2.75, 3.05) is 0 Å². The highest BCUT2D eigenvalue weighted by atomic mass is 19.1. The van der Waals surface area contributed by atoms with Crippen LogP contribution in [0.15, 0.2) is 42.5 Å². The third-order valence-electron chi connectivity index (χ3n) is 2.38. The molecule has 2 rings (SSSR count). The molecule has 3 heteroatoms. The van der Waals surface area contributed by atoms with Gasteiger partial charge >= 0.3 is 0 Å². The number of benzene rings is 2. The van der Waals surface area contributed by atoms with Gasteiger partial charge < -0.3 is 5.11 Å². The smallest absolute Gasteiger partial charge is 0.131 e. The van der Waals surface area contributed by atoms with Gasteiger partial charge in [0, 0.05) is 11.1 Å². The van der Waals surface area contributed by atoms with Gasteiger partial charge in [0.15, 0.2) is 0 Å². The van der Waals surface area contributed by atoms with Crippen LogP contribution in [-0.2, 0) is 6.61 Å². The van der Waals surface area contributed by atoms with E-state index in [-0.39, 0.29) is 17.7 Å². The Labute approximate surface area is 92.0 Å². The van der Waals surface area contributed by atoms with E-state index in [1.807, 2.05) is 0 Å². The number of aliphatic hydroxyl groups excluding tert-OH is 1. The standard InChI is InChI=1S/C13H10F2O/c14-12-4-2-1-3-10(12)11-7-9(8-16)5-6-13(11)15/h1-7,16H,8H2. The van der Waals surface area contributed by atoms with Gasteiger partial charge in [-0.15, -0.1) is 0 Å². The zero-order valence-electron chi connectivity index (χ0n) is 8.45. The summed E-state index contributed by atoms with van der Waals surface area (Å²) in [6, 6.07) is 10.1. The fourth-order valence-electron chi connectivity index (χ4n) is 1.56. The minimum Gasteiger partial charge on any atom is -0.392 e. The first kappa shape index (κ1) is 10.8. The summed E-state index contributed by atoms with van der Waals surface area (Å²) in [6.07, 6.45) is 0. The molecule has 2 aromatic rings. The van der Waals surface area contributed by atoms with Gasteiger partial charge in [-0.3, -0.25) is 0 Å². The van der Waals surface area contributed by atoms with E-state index in [4.69, 9.17) is 5.11 Å². The Kier molecular flexibility index (Phi) is 2.97. The van der Waals surface area contributed by atoms with Crippen LogP contribution < -0.4 is 0 Å². The first-order chi connectivity index (χ1) is 7.72. The fraction of sp³-hybridized carbons (Fsp3) is 0.0769. The van der Waals surface area contributed by atoms with Crippen LogP contribution in [0.3, 0.4) is 0 Å². The molecule has 0 bridgehead atoms. The Morgan fingerprint density at radius 2 is 1.56 bits per heavy atom. The molecule has 0 atom stereocenters. The molecule has 16 heavy (non-hydrogen) atoms. The van der Waals surface area contributed by atoms with Crippen LogP contribution in [0.25, 0.3) is 11.1 Å². The van der Waals surface area contributed by atoms with Gasteiger partial charge in [-0.2, -0.15) is 0 Å². The van der Waals surface area contributed by atoms with Gasteiger partial charge in [0.1, 0.15) is 11.6 Å². The number of halogens is 2. The van der Waals surface area contributed by atoms with E-state index in [0.29, 0.717) is 5.56 Å². The molecular weight excluding hydrogens is 210 g/mol. The summed E-state index contributed by atoms with van der Waals surface area (Å²) in [5.74, 6) is -0.973. The molecule has 0 saturated carbocycles. The minimum absolute atomic E-state index is 0.171. The second kappa shape index (κ2) is 4.41. The monoisotopic (exact) mass is 220 g/mol. The summed E-state index contributed by atoms with van der Waals surface area (Å²) in [6.45, 7) is -0.193. The van der Waals surface area contributed by atoms with Gasteiger partial charge in [0.2, 0.25) is 0 Å². The zero-order valence-corrected chi connectivity index (χ0v) is 8.45. The van der Waals surface area contributed by atoms with Crippen molar-refractivity contribution < 1.29 is 13.9 Å². The SMILES string of the molecule is OCc1ccc(F)c(-c2ccccc2F)c1. The predicted molar refractivity (Wildman–Crippen MR) is 57.7 cm³/mol. The summed E-state index contributed by atoms with van der Waals surface area (Å²) in [5.41, 5.74) is 0.930. The van der Waals surface area contributed by atoms with Crippen LogP contribution >= 0.6 is 0 Å². The average Bonchev–Trinajstić information content (AvgIpc) is 2.31. The number of aliphatic hydroxyl groups is 1. The Morgan fingerprint density at radius 3 is 2.25 bits per heavy atom. The second-order valence-electron chi connectivity index (χ2n) is 3.45. The van der Waals surface area contributed by atoms with Crippen molar-refractivity contribution in [3.05, 3.63) is 59.7 Å². The third-order valence-corrected chi connectivity index (χ3v) is 2.38. The van der Waals surface area contributed by atoms with Gasteiger partial charge in [0.05, 0.1) is 6.61 Å². The lowest BCUT2D eigenvalue weighted by Crippen LogP contribution is -1.91. The molecule has 82 valence electrons. The van der Waals surface area contributed by atoms with E-state index < -0.39 is 11.6 Å². The lowest BCUT2D eigenvalue weighted by atomic mass is 10.0. The summed E-state index contributed by atoms with van der Waals surface area (Å²) in [5, 5.41) is 8.95. The lowest BCUT2D eigenvalue weighted by molar-refractivity contribution is 0.282. The van der Waals surface area contributed by atoms with Gasteiger partial charge in [-0.05, 0) is 23.8 Å². The van der Waals surface area contributed by atoms with E-state index in [0.717, 1.165) is 0 Å². The quantitative estimate of drug-likeness (QED) is 0.824. The summed E-state index contributed by atoms with van der Waals surface area (Å²) in [4.78, 5) is 0. The molecule has 0 aromatic heterocycles. The Bertz CT molecular complexity index is 509. The van der Waals surface area contributed by atoms with Crippen LogP contribution in [0.2, 0.25) is 0 Å². The van der Waals surface area contributed by atoms with Crippen molar-refractivity contribution in [2.24, 2.45) is 0 Å². The topological polar surface area (TPSA) is 20.2 Å². The van der Waals surface area contributed by atoms with Gasteiger partial charge in [-0.1, -0.05) is 24.3 Å². The van der Waals surface area contributed by atoms with Crippen molar-refractivity contribution in [3.63, 3.8) is 0 Å². The molecule has 0 aliphatic heterocycles. The second-order valence-corrected chi connectivity index (χ2v) is 3.45. The first-order valence-corrected chi connectivity index (χ1v) is 4.86. The molecular formula is C13H10F2O. The molecule has 1 N–H and O–H groups in total. The van der Waals surface area contributed by atoms with Crippen molar-refractivity contribution in [1.29, 1.82) is 0 Å². The summed E-state index contributed by atoms with van der Waals surface area (Å²) >= 11 is 0. The highest BCUT2D eigenvalue weighted by Crippen LogP contribution is 2.26. The maximum Gasteiger partial charge on any atom is 0.131 e. The summed E-state index contributed by atoms with van der Waals surface area (Å²) in [7, 11) is 0. The van der Waals surface area contributed by atoms with E-state index in [2.05, 4.69) is 0 Å². The van der Waals surface area contributed by atoms with Crippen LogP contribution in [-0.4, -0.2) is 5.11 Å². The van der Waals surface area contributed by atoms with Crippen molar-refractivity contribution in [1.82, 2.24) is 0 Å². The Morgan fingerprint density at radius 1 is 0.875 bits per heavy atom.